The normalized spacial score (nSPS) is 17.0. The van der Waals surface area contributed by atoms with Crippen LogP contribution < -0.4 is 16.4 Å². The second-order valence-corrected chi connectivity index (χ2v) is 6.50. The summed E-state index contributed by atoms with van der Waals surface area (Å²) < 4.78 is 0. The molecule has 0 bridgehead atoms. The SMILES string of the molecule is NCC(=O)NC(Cc1ccc(O)cc1)C(=O)NCC(=O)N1CCCC1C(=O)O. The molecule has 10 heteroatoms. The van der Waals surface area contributed by atoms with Gasteiger partial charge >= 0.3 is 5.97 Å². The van der Waals surface area contributed by atoms with Crippen LogP contribution in [0.15, 0.2) is 24.3 Å². The standard InChI is InChI=1S/C18H24N4O6/c19-9-15(24)21-13(8-11-3-5-12(23)6-4-11)17(26)20-10-16(25)22-7-1-2-14(22)18(27)28/h3-6,13-14,23H,1-2,7-10,19H2,(H,20,26)(H,21,24)(H,27,28). The van der Waals surface area contributed by atoms with E-state index >= 15 is 0 Å². The molecule has 0 radical (unpaired) electrons. The molecule has 1 fully saturated rings. The Labute approximate surface area is 161 Å². The van der Waals surface area contributed by atoms with Crippen LogP contribution in [-0.2, 0) is 25.6 Å². The largest absolute Gasteiger partial charge is 0.508 e. The number of likely N-dealkylation sites (tertiary alicyclic amines) is 1. The van der Waals surface area contributed by atoms with Gasteiger partial charge in [0.25, 0.3) is 0 Å². The van der Waals surface area contributed by atoms with E-state index in [1.165, 1.54) is 17.0 Å². The number of rotatable bonds is 8. The topological polar surface area (TPSA) is 162 Å². The number of aromatic hydroxyl groups is 1. The maximum absolute atomic E-state index is 12.5. The minimum atomic E-state index is -1.07. The summed E-state index contributed by atoms with van der Waals surface area (Å²) in [6, 6.07) is 4.28. The zero-order chi connectivity index (χ0) is 20.7. The van der Waals surface area contributed by atoms with Crippen LogP contribution >= 0.6 is 0 Å². The van der Waals surface area contributed by atoms with Crippen molar-refractivity contribution in [3.8, 4) is 5.75 Å². The van der Waals surface area contributed by atoms with Crippen molar-refractivity contribution in [3.63, 3.8) is 0 Å². The summed E-state index contributed by atoms with van der Waals surface area (Å²) in [6.45, 7) is -0.341. The Bertz CT molecular complexity index is 736. The van der Waals surface area contributed by atoms with Crippen molar-refractivity contribution in [1.29, 1.82) is 0 Å². The first kappa shape index (κ1) is 21.2. The lowest BCUT2D eigenvalue weighted by Gasteiger charge is -2.23. The quantitative estimate of drug-likeness (QED) is 0.362. The summed E-state index contributed by atoms with van der Waals surface area (Å²) in [7, 11) is 0. The summed E-state index contributed by atoms with van der Waals surface area (Å²) in [5.41, 5.74) is 5.98. The van der Waals surface area contributed by atoms with Gasteiger partial charge in [-0.2, -0.15) is 0 Å². The van der Waals surface area contributed by atoms with Crippen molar-refractivity contribution >= 4 is 23.7 Å². The molecule has 3 amide bonds. The van der Waals surface area contributed by atoms with Gasteiger partial charge in [-0.1, -0.05) is 12.1 Å². The van der Waals surface area contributed by atoms with Crippen LogP contribution in [0.1, 0.15) is 18.4 Å². The molecular weight excluding hydrogens is 368 g/mol. The van der Waals surface area contributed by atoms with Crippen LogP contribution in [-0.4, -0.2) is 70.5 Å². The molecule has 152 valence electrons. The molecule has 2 rings (SSSR count). The molecule has 28 heavy (non-hydrogen) atoms. The number of aliphatic carboxylic acids is 1. The molecule has 1 aliphatic rings. The second kappa shape index (κ2) is 9.70. The summed E-state index contributed by atoms with van der Waals surface area (Å²) in [5, 5.41) is 23.4. The Kier molecular flexibility index (Phi) is 7.33. The number of carbonyl (C=O) groups excluding carboxylic acids is 3. The fourth-order valence-electron chi connectivity index (χ4n) is 3.04. The number of phenols is 1. The predicted molar refractivity (Wildman–Crippen MR) is 98.2 cm³/mol. The molecule has 1 aromatic carbocycles. The van der Waals surface area contributed by atoms with Crippen molar-refractivity contribution in [2.24, 2.45) is 5.73 Å². The van der Waals surface area contributed by atoms with E-state index in [0.717, 1.165) is 0 Å². The molecular formula is C18H24N4O6. The molecule has 2 unspecified atom stereocenters. The fraction of sp³-hybridized carbons (Fsp3) is 0.444. The Hall–Kier alpha value is -3.14. The Morgan fingerprint density at radius 1 is 1.21 bits per heavy atom. The van der Waals surface area contributed by atoms with Crippen LogP contribution in [0.25, 0.3) is 0 Å². The number of amides is 3. The average Bonchev–Trinajstić information content (AvgIpc) is 3.17. The van der Waals surface area contributed by atoms with E-state index < -0.39 is 35.8 Å². The van der Waals surface area contributed by atoms with Gasteiger partial charge in [0.1, 0.15) is 17.8 Å². The lowest BCUT2D eigenvalue weighted by Crippen LogP contribution is -2.52. The van der Waals surface area contributed by atoms with Crippen LogP contribution in [0.4, 0.5) is 0 Å². The molecule has 1 saturated heterocycles. The van der Waals surface area contributed by atoms with Gasteiger partial charge in [0, 0.05) is 13.0 Å². The third-order valence-electron chi connectivity index (χ3n) is 4.49. The minimum Gasteiger partial charge on any atom is -0.508 e. The number of carboxylic acid groups (broad SMARTS) is 1. The number of carboxylic acids is 1. The third-order valence-corrected chi connectivity index (χ3v) is 4.49. The third kappa shape index (κ3) is 5.68. The lowest BCUT2D eigenvalue weighted by molar-refractivity contribution is -0.148. The van der Waals surface area contributed by atoms with E-state index in [1.54, 1.807) is 12.1 Å². The predicted octanol–water partition coefficient (Wildman–Crippen LogP) is -1.43. The molecule has 1 aromatic rings. The fourth-order valence-corrected chi connectivity index (χ4v) is 3.04. The maximum Gasteiger partial charge on any atom is 0.326 e. The van der Waals surface area contributed by atoms with Crippen molar-refractivity contribution < 1.29 is 29.4 Å². The summed E-state index contributed by atoms with van der Waals surface area (Å²) in [6.07, 6.45) is 1.10. The maximum atomic E-state index is 12.5. The molecule has 6 N–H and O–H groups in total. The van der Waals surface area contributed by atoms with E-state index in [2.05, 4.69) is 10.6 Å². The van der Waals surface area contributed by atoms with Crippen molar-refractivity contribution in [1.82, 2.24) is 15.5 Å². The summed E-state index contributed by atoms with van der Waals surface area (Å²) in [4.78, 5) is 48.8. The van der Waals surface area contributed by atoms with Crippen LogP contribution in [0.2, 0.25) is 0 Å². The molecule has 0 saturated carbocycles. The first-order valence-electron chi connectivity index (χ1n) is 8.89. The number of nitrogens with zero attached hydrogens (tertiary/aromatic N) is 1. The highest BCUT2D eigenvalue weighted by Crippen LogP contribution is 2.17. The Morgan fingerprint density at radius 3 is 2.50 bits per heavy atom. The van der Waals surface area contributed by atoms with Gasteiger partial charge < -0.3 is 31.5 Å². The number of carbonyl (C=O) groups is 4. The molecule has 0 aromatic heterocycles. The highest BCUT2D eigenvalue weighted by atomic mass is 16.4. The molecule has 1 aliphatic heterocycles. The molecule has 0 spiro atoms. The van der Waals surface area contributed by atoms with Gasteiger partial charge in [-0.15, -0.1) is 0 Å². The van der Waals surface area contributed by atoms with Crippen molar-refractivity contribution in [2.75, 3.05) is 19.6 Å². The first-order chi connectivity index (χ1) is 13.3. The van der Waals surface area contributed by atoms with E-state index in [4.69, 9.17) is 10.8 Å². The second-order valence-electron chi connectivity index (χ2n) is 6.50. The Morgan fingerprint density at radius 2 is 1.89 bits per heavy atom. The monoisotopic (exact) mass is 392 g/mol. The molecule has 2 atom stereocenters. The van der Waals surface area contributed by atoms with E-state index in [1.807, 2.05) is 0 Å². The minimum absolute atomic E-state index is 0.0694. The van der Waals surface area contributed by atoms with Gasteiger partial charge in [-0.05, 0) is 30.5 Å². The first-order valence-corrected chi connectivity index (χ1v) is 8.89. The van der Waals surface area contributed by atoms with Gasteiger partial charge in [-0.25, -0.2) is 4.79 Å². The average molecular weight is 392 g/mol. The zero-order valence-electron chi connectivity index (χ0n) is 15.3. The van der Waals surface area contributed by atoms with Crippen molar-refractivity contribution in [3.05, 3.63) is 29.8 Å². The summed E-state index contributed by atoms with van der Waals surface area (Å²) in [5.74, 6) is -2.62. The van der Waals surface area contributed by atoms with Gasteiger partial charge in [0.2, 0.25) is 17.7 Å². The van der Waals surface area contributed by atoms with Gasteiger partial charge in [0.15, 0.2) is 0 Å². The number of nitrogens with one attached hydrogen (secondary N) is 2. The van der Waals surface area contributed by atoms with Crippen LogP contribution in [0, 0.1) is 0 Å². The number of benzene rings is 1. The molecule has 1 heterocycles. The number of nitrogens with two attached hydrogens (primary N) is 1. The zero-order valence-corrected chi connectivity index (χ0v) is 15.3. The highest BCUT2D eigenvalue weighted by Gasteiger charge is 2.34. The number of hydrogen-bond donors (Lipinski definition) is 5. The highest BCUT2D eigenvalue weighted by molar-refractivity contribution is 5.92. The van der Waals surface area contributed by atoms with Gasteiger partial charge in [0.05, 0.1) is 13.1 Å². The van der Waals surface area contributed by atoms with Gasteiger partial charge in [-0.3, -0.25) is 14.4 Å². The number of hydrogen-bond acceptors (Lipinski definition) is 6. The van der Waals surface area contributed by atoms with E-state index in [0.29, 0.717) is 24.9 Å². The van der Waals surface area contributed by atoms with Crippen LogP contribution in [0.5, 0.6) is 5.75 Å². The summed E-state index contributed by atoms with van der Waals surface area (Å²) >= 11 is 0. The number of phenolic OH excluding ortho intramolecular Hbond substituents is 1. The van der Waals surface area contributed by atoms with Crippen molar-refractivity contribution in [2.45, 2.75) is 31.3 Å². The Balaban J connectivity index is 1.99. The lowest BCUT2D eigenvalue weighted by atomic mass is 10.0. The molecule has 10 nitrogen and oxygen atoms in total. The molecule has 0 aliphatic carbocycles. The van der Waals surface area contributed by atoms with E-state index in [9.17, 15) is 24.3 Å². The smallest absolute Gasteiger partial charge is 0.326 e. The van der Waals surface area contributed by atoms with Crippen LogP contribution in [0.3, 0.4) is 0 Å². The van der Waals surface area contributed by atoms with E-state index in [-0.39, 0.29) is 25.3 Å².